The van der Waals surface area contributed by atoms with E-state index in [-0.39, 0.29) is 23.1 Å². The van der Waals surface area contributed by atoms with Crippen molar-refractivity contribution in [3.8, 4) is 0 Å². The molecule has 4 heteroatoms. The highest BCUT2D eigenvalue weighted by Gasteiger charge is 2.46. The maximum Gasteiger partial charge on any atom is 0.225 e. The van der Waals surface area contributed by atoms with Gasteiger partial charge < -0.3 is 9.80 Å². The second-order valence-electron chi connectivity index (χ2n) is 8.24. The minimum Gasteiger partial charge on any atom is -0.349 e. The minimum absolute atomic E-state index is 0.0652. The predicted octanol–water partition coefficient (Wildman–Crippen LogP) is 3.17. The van der Waals surface area contributed by atoms with E-state index in [4.69, 9.17) is 0 Å². The number of amides is 2. The first-order valence-corrected chi connectivity index (χ1v) is 9.42. The molecule has 0 radical (unpaired) electrons. The van der Waals surface area contributed by atoms with Crippen LogP contribution in [0.4, 0.5) is 0 Å². The Kier molecular flexibility index (Phi) is 4.90. The molecule has 25 heavy (non-hydrogen) atoms. The van der Waals surface area contributed by atoms with Crippen LogP contribution < -0.4 is 0 Å². The fraction of sp³-hybridized carbons (Fsp3) is 0.619. The lowest BCUT2D eigenvalue weighted by atomic mass is 9.73. The third kappa shape index (κ3) is 3.31. The molecule has 1 aliphatic heterocycles. The maximum absolute atomic E-state index is 12.3. The number of hydrogen-bond donors (Lipinski definition) is 0. The summed E-state index contributed by atoms with van der Waals surface area (Å²) in [5.74, 6) is 0.832. The molecule has 1 unspecified atom stereocenters. The molecule has 2 amide bonds. The fourth-order valence-electron chi connectivity index (χ4n) is 4.60. The van der Waals surface area contributed by atoms with Crippen LogP contribution in [-0.2, 0) is 15.0 Å². The maximum atomic E-state index is 12.3. The molecule has 0 N–H and O–H groups in total. The Bertz CT molecular complexity index is 658. The third-order valence-corrected chi connectivity index (χ3v) is 6.06. The van der Waals surface area contributed by atoms with Crippen molar-refractivity contribution in [1.29, 1.82) is 0 Å². The van der Waals surface area contributed by atoms with Gasteiger partial charge in [-0.3, -0.25) is 9.59 Å². The van der Waals surface area contributed by atoms with Crippen molar-refractivity contribution in [3.05, 3.63) is 35.4 Å². The summed E-state index contributed by atoms with van der Waals surface area (Å²) < 4.78 is 0. The number of hydrogen-bond acceptors (Lipinski definition) is 2. The van der Waals surface area contributed by atoms with Gasteiger partial charge in [0.05, 0.1) is 0 Å². The van der Waals surface area contributed by atoms with Crippen molar-refractivity contribution in [3.63, 3.8) is 0 Å². The molecule has 1 aromatic rings. The van der Waals surface area contributed by atoms with Gasteiger partial charge in [-0.05, 0) is 41.7 Å². The lowest BCUT2D eigenvalue weighted by molar-refractivity contribution is -0.136. The molecule has 0 bridgehead atoms. The van der Waals surface area contributed by atoms with Gasteiger partial charge >= 0.3 is 0 Å². The summed E-state index contributed by atoms with van der Waals surface area (Å²) in [6.07, 6.45) is 3.64. The number of likely N-dealkylation sites (tertiary alicyclic amines) is 1. The van der Waals surface area contributed by atoms with E-state index in [1.54, 1.807) is 4.90 Å². The Hall–Kier alpha value is -1.84. The van der Waals surface area contributed by atoms with Gasteiger partial charge in [-0.25, -0.2) is 0 Å². The summed E-state index contributed by atoms with van der Waals surface area (Å²) in [6.45, 7) is 5.61. The van der Waals surface area contributed by atoms with Crippen LogP contribution in [0.2, 0.25) is 0 Å². The molecule has 3 rings (SSSR count). The Morgan fingerprint density at radius 1 is 1.20 bits per heavy atom. The van der Waals surface area contributed by atoms with Gasteiger partial charge in [0, 0.05) is 39.5 Å². The zero-order valence-corrected chi connectivity index (χ0v) is 15.9. The largest absolute Gasteiger partial charge is 0.349 e. The molecule has 0 saturated carbocycles. The average molecular weight is 342 g/mol. The summed E-state index contributed by atoms with van der Waals surface area (Å²) in [7, 11) is 3.66. The minimum atomic E-state index is 0.0652. The number of benzene rings is 1. The molecule has 1 aliphatic carbocycles. The molecule has 1 aromatic carbocycles. The Balaban J connectivity index is 1.80. The fourth-order valence-corrected chi connectivity index (χ4v) is 4.60. The van der Waals surface area contributed by atoms with E-state index in [2.05, 4.69) is 24.3 Å². The van der Waals surface area contributed by atoms with Crippen LogP contribution in [0.5, 0.6) is 0 Å². The van der Waals surface area contributed by atoms with Gasteiger partial charge in [0.1, 0.15) is 0 Å². The summed E-state index contributed by atoms with van der Waals surface area (Å²) >= 11 is 0. The lowest BCUT2D eigenvalue weighted by Gasteiger charge is -2.41. The number of fused-ring (bicyclic) bond motifs is 2. The summed E-state index contributed by atoms with van der Waals surface area (Å²) in [5, 5.41) is 0. The normalized spacial score (nSPS) is 21.5. The first-order chi connectivity index (χ1) is 11.8. The van der Waals surface area contributed by atoms with Crippen molar-refractivity contribution in [2.24, 2.45) is 5.92 Å². The van der Waals surface area contributed by atoms with Gasteiger partial charge in [0.2, 0.25) is 11.8 Å². The highest BCUT2D eigenvalue weighted by atomic mass is 16.2. The van der Waals surface area contributed by atoms with Crippen molar-refractivity contribution < 1.29 is 9.59 Å². The van der Waals surface area contributed by atoms with Gasteiger partial charge in [-0.2, -0.15) is 0 Å². The Morgan fingerprint density at radius 3 is 2.44 bits per heavy atom. The molecule has 1 saturated heterocycles. The Labute approximate surface area is 151 Å². The van der Waals surface area contributed by atoms with Gasteiger partial charge in [-0.1, -0.05) is 38.1 Å². The number of carbonyl (C=O) groups is 2. The zero-order valence-electron chi connectivity index (χ0n) is 15.9. The smallest absolute Gasteiger partial charge is 0.225 e. The first kappa shape index (κ1) is 18.0. The molecule has 0 aromatic heterocycles. The molecule has 136 valence electrons. The van der Waals surface area contributed by atoms with Crippen LogP contribution in [0.3, 0.4) is 0 Å². The van der Waals surface area contributed by atoms with E-state index in [1.165, 1.54) is 11.1 Å². The number of rotatable bonds is 3. The van der Waals surface area contributed by atoms with Crippen molar-refractivity contribution in [2.75, 3.05) is 27.2 Å². The average Bonchev–Trinajstić information content (AvgIpc) is 2.89. The van der Waals surface area contributed by atoms with Crippen molar-refractivity contribution >= 4 is 11.8 Å². The highest BCUT2D eigenvalue weighted by molar-refractivity contribution is 5.78. The number of nitrogens with zero attached hydrogens (tertiary/aromatic N) is 2. The quantitative estimate of drug-likeness (QED) is 0.846. The summed E-state index contributed by atoms with van der Waals surface area (Å²) in [6, 6.07) is 8.64. The van der Waals surface area contributed by atoms with Crippen LogP contribution in [0, 0.1) is 5.92 Å². The molecule has 1 heterocycles. The molecule has 1 fully saturated rings. The van der Waals surface area contributed by atoms with Crippen molar-refractivity contribution in [2.45, 2.75) is 50.9 Å². The van der Waals surface area contributed by atoms with Crippen molar-refractivity contribution in [1.82, 2.24) is 9.80 Å². The van der Waals surface area contributed by atoms with Crippen LogP contribution in [-0.4, -0.2) is 48.8 Å². The molecule has 4 nitrogen and oxygen atoms in total. The SMILES string of the molecule is CC(C)C(=O)N1CCC2(CC1)CC(CC(=O)N(C)C)c1ccccc12. The first-order valence-electron chi connectivity index (χ1n) is 9.42. The Morgan fingerprint density at radius 2 is 1.84 bits per heavy atom. The van der Waals surface area contributed by atoms with Crippen LogP contribution in [0.1, 0.15) is 56.6 Å². The standard InChI is InChI=1S/C21H30N2O2/c1-15(2)20(25)23-11-9-21(10-12-23)14-16(13-19(24)22(3)4)17-7-5-6-8-18(17)21/h5-8,15-16H,9-14H2,1-4H3. The molecular weight excluding hydrogens is 312 g/mol. The second-order valence-corrected chi connectivity index (χ2v) is 8.24. The number of carbonyl (C=O) groups excluding carboxylic acids is 2. The van der Waals surface area contributed by atoms with E-state index in [0.29, 0.717) is 12.3 Å². The van der Waals surface area contributed by atoms with Crippen LogP contribution in [0.25, 0.3) is 0 Å². The third-order valence-electron chi connectivity index (χ3n) is 6.06. The van der Waals surface area contributed by atoms with E-state index < -0.39 is 0 Å². The summed E-state index contributed by atoms with van der Waals surface area (Å²) in [4.78, 5) is 28.3. The summed E-state index contributed by atoms with van der Waals surface area (Å²) in [5.41, 5.74) is 2.91. The molecule has 2 aliphatic rings. The molecular formula is C21H30N2O2. The van der Waals surface area contributed by atoms with E-state index >= 15 is 0 Å². The molecule has 1 spiro atoms. The topological polar surface area (TPSA) is 40.6 Å². The van der Waals surface area contributed by atoms with E-state index in [1.807, 2.05) is 32.8 Å². The predicted molar refractivity (Wildman–Crippen MR) is 99.4 cm³/mol. The van der Waals surface area contributed by atoms with Gasteiger partial charge in [0.25, 0.3) is 0 Å². The van der Waals surface area contributed by atoms with Crippen LogP contribution >= 0.6 is 0 Å². The second kappa shape index (κ2) is 6.81. The van der Waals surface area contributed by atoms with E-state index in [0.717, 1.165) is 32.4 Å². The highest BCUT2D eigenvalue weighted by Crippen LogP contribution is 2.52. The lowest BCUT2D eigenvalue weighted by Crippen LogP contribution is -2.45. The van der Waals surface area contributed by atoms with Crippen LogP contribution in [0.15, 0.2) is 24.3 Å². The zero-order chi connectivity index (χ0) is 18.2. The van der Waals surface area contributed by atoms with E-state index in [9.17, 15) is 9.59 Å². The molecule has 1 atom stereocenters. The van der Waals surface area contributed by atoms with Gasteiger partial charge in [0.15, 0.2) is 0 Å². The van der Waals surface area contributed by atoms with Gasteiger partial charge in [-0.15, -0.1) is 0 Å². The number of piperidine rings is 1. The monoisotopic (exact) mass is 342 g/mol.